The highest BCUT2D eigenvalue weighted by molar-refractivity contribution is 5.33. The molecule has 0 spiro atoms. The number of aromatic nitrogens is 3. The Kier molecular flexibility index (Phi) is 5.04. The molecule has 0 N–H and O–H groups in total. The summed E-state index contributed by atoms with van der Waals surface area (Å²) < 4.78 is 9.00. The van der Waals surface area contributed by atoms with Crippen molar-refractivity contribution in [1.82, 2.24) is 19.2 Å². The molecule has 1 fully saturated rings. The molecule has 2 heterocycles. The first-order valence-corrected chi connectivity index (χ1v) is 8.65. The molecule has 0 saturated carbocycles. The summed E-state index contributed by atoms with van der Waals surface area (Å²) in [6.45, 7) is 7.45. The van der Waals surface area contributed by atoms with Crippen molar-refractivity contribution < 1.29 is 4.74 Å². The highest BCUT2D eigenvalue weighted by Gasteiger charge is 2.24. The third-order valence-corrected chi connectivity index (χ3v) is 4.71. The Labute approximate surface area is 142 Å². The van der Waals surface area contributed by atoms with Gasteiger partial charge in [0.1, 0.15) is 11.6 Å². The molecule has 0 amide bonds. The Bertz CT molecular complexity index is 742. The average molecular weight is 330 g/mol. The van der Waals surface area contributed by atoms with E-state index in [0.717, 1.165) is 44.0 Å². The van der Waals surface area contributed by atoms with Gasteiger partial charge in [0.2, 0.25) is 0 Å². The minimum atomic E-state index is -0.00681. The van der Waals surface area contributed by atoms with Gasteiger partial charge in [0.25, 0.3) is 0 Å². The second-order valence-corrected chi connectivity index (χ2v) is 6.37. The maximum atomic E-state index is 12.2. The van der Waals surface area contributed by atoms with Crippen LogP contribution in [0, 0.1) is 6.92 Å². The largest absolute Gasteiger partial charge is 0.494 e. The van der Waals surface area contributed by atoms with Gasteiger partial charge in [-0.25, -0.2) is 9.48 Å². The Hall–Kier alpha value is -2.08. The maximum absolute atomic E-state index is 12.2. The lowest BCUT2D eigenvalue weighted by molar-refractivity contribution is 0.174. The SMILES string of the molecule is CCOc1ccccc1CN1CCC(n2c(C)nn(C)c2=O)CC1. The normalized spacial score (nSPS) is 16.5. The fraction of sp³-hybridized carbons (Fsp3) is 0.556. The van der Waals surface area contributed by atoms with Crippen LogP contribution >= 0.6 is 0 Å². The molecule has 0 unspecified atom stereocenters. The zero-order chi connectivity index (χ0) is 17.1. The smallest absolute Gasteiger partial charge is 0.345 e. The Morgan fingerprint density at radius 3 is 2.58 bits per heavy atom. The van der Waals surface area contributed by atoms with E-state index in [2.05, 4.69) is 22.1 Å². The fourth-order valence-corrected chi connectivity index (χ4v) is 3.53. The third kappa shape index (κ3) is 3.38. The van der Waals surface area contributed by atoms with Crippen LogP contribution in [0.15, 0.2) is 29.1 Å². The van der Waals surface area contributed by atoms with Crippen molar-refractivity contribution in [1.29, 1.82) is 0 Å². The average Bonchev–Trinajstić information content (AvgIpc) is 2.83. The molecule has 1 saturated heterocycles. The number of piperidine rings is 1. The second kappa shape index (κ2) is 7.21. The van der Waals surface area contributed by atoms with E-state index in [1.807, 2.05) is 30.5 Å². The van der Waals surface area contributed by atoms with E-state index in [1.165, 1.54) is 10.2 Å². The molecule has 3 rings (SSSR count). The van der Waals surface area contributed by atoms with Crippen LogP contribution in [0.25, 0.3) is 0 Å². The van der Waals surface area contributed by atoms with E-state index in [1.54, 1.807) is 7.05 Å². The van der Waals surface area contributed by atoms with Crippen LogP contribution in [-0.2, 0) is 13.6 Å². The molecule has 0 aliphatic carbocycles. The molecule has 0 atom stereocenters. The van der Waals surface area contributed by atoms with Gasteiger partial charge in [-0.1, -0.05) is 18.2 Å². The van der Waals surface area contributed by atoms with Gasteiger partial charge in [0, 0.05) is 38.3 Å². The van der Waals surface area contributed by atoms with E-state index < -0.39 is 0 Å². The first-order chi connectivity index (χ1) is 11.6. The Balaban J connectivity index is 1.65. The Morgan fingerprint density at radius 1 is 1.25 bits per heavy atom. The summed E-state index contributed by atoms with van der Waals surface area (Å²) in [5, 5.41) is 4.24. The van der Waals surface area contributed by atoms with Gasteiger partial charge in [0.05, 0.1) is 6.61 Å². The van der Waals surface area contributed by atoms with Gasteiger partial charge in [0.15, 0.2) is 0 Å². The molecule has 1 aromatic heterocycles. The van der Waals surface area contributed by atoms with Crippen molar-refractivity contribution in [3.05, 3.63) is 46.1 Å². The number of nitrogens with zero attached hydrogens (tertiary/aromatic N) is 4. The zero-order valence-electron chi connectivity index (χ0n) is 14.7. The van der Waals surface area contributed by atoms with E-state index in [0.29, 0.717) is 6.61 Å². The summed E-state index contributed by atoms with van der Waals surface area (Å²) in [7, 11) is 1.71. The van der Waals surface area contributed by atoms with Crippen LogP contribution in [0.4, 0.5) is 0 Å². The molecular weight excluding hydrogens is 304 g/mol. The van der Waals surface area contributed by atoms with Crippen molar-refractivity contribution in [2.24, 2.45) is 7.05 Å². The molecule has 2 aromatic rings. The van der Waals surface area contributed by atoms with Crippen molar-refractivity contribution in [3.8, 4) is 5.75 Å². The summed E-state index contributed by atoms with van der Waals surface area (Å²) in [4.78, 5) is 14.6. The number of hydrogen-bond acceptors (Lipinski definition) is 4. The van der Waals surface area contributed by atoms with Crippen molar-refractivity contribution in [3.63, 3.8) is 0 Å². The fourth-order valence-electron chi connectivity index (χ4n) is 3.53. The maximum Gasteiger partial charge on any atom is 0.345 e. The molecule has 1 aliphatic heterocycles. The standard InChI is InChI=1S/C18H26N4O2/c1-4-24-17-8-6-5-7-15(17)13-21-11-9-16(10-12-21)22-14(2)19-20(3)18(22)23/h5-8,16H,4,9-13H2,1-3H3. The van der Waals surface area contributed by atoms with Crippen molar-refractivity contribution in [2.45, 2.75) is 39.3 Å². The van der Waals surface area contributed by atoms with Crippen LogP contribution in [0.5, 0.6) is 5.75 Å². The van der Waals surface area contributed by atoms with Gasteiger partial charge < -0.3 is 4.74 Å². The van der Waals surface area contributed by atoms with Gasteiger partial charge in [-0.15, -0.1) is 0 Å². The minimum absolute atomic E-state index is 0.00681. The molecule has 6 nitrogen and oxygen atoms in total. The van der Waals surface area contributed by atoms with Crippen LogP contribution in [0.1, 0.15) is 37.2 Å². The molecular formula is C18H26N4O2. The molecule has 6 heteroatoms. The molecule has 24 heavy (non-hydrogen) atoms. The summed E-state index contributed by atoms with van der Waals surface area (Å²) in [6.07, 6.45) is 1.95. The lowest BCUT2D eigenvalue weighted by Gasteiger charge is -2.32. The number of aryl methyl sites for hydroxylation is 2. The molecule has 0 bridgehead atoms. The molecule has 1 aliphatic rings. The van der Waals surface area contributed by atoms with Gasteiger partial charge >= 0.3 is 5.69 Å². The monoisotopic (exact) mass is 330 g/mol. The number of likely N-dealkylation sites (tertiary alicyclic amines) is 1. The summed E-state index contributed by atoms with van der Waals surface area (Å²) in [6, 6.07) is 8.49. The predicted molar refractivity (Wildman–Crippen MR) is 93.4 cm³/mol. The lowest BCUT2D eigenvalue weighted by Crippen LogP contribution is -2.37. The predicted octanol–water partition coefficient (Wildman–Crippen LogP) is 2.13. The summed E-state index contributed by atoms with van der Waals surface area (Å²) >= 11 is 0. The van der Waals surface area contributed by atoms with E-state index in [-0.39, 0.29) is 11.7 Å². The van der Waals surface area contributed by atoms with E-state index >= 15 is 0 Å². The van der Waals surface area contributed by atoms with Crippen molar-refractivity contribution >= 4 is 0 Å². The lowest BCUT2D eigenvalue weighted by atomic mass is 10.0. The number of ether oxygens (including phenoxy) is 1. The van der Waals surface area contributed by atoms with Gasteiger partial charge in [-0.2, -0.15) is 5.10 Å². The molecule has 130 valence electrons. The second-order valence-electron chi connectivity index (χ2n) is 6.37. The quantitative estimate of drug-likeness (QED) is 0.843. The first-order valence-electron chi connectivity index (χ1n) is 8.65. The highest BCUT2D eigenvalue weighted by Crippen LogP contribution is 2.25. The molecule has 0 radical (unpaired) electrons. The number of para-hydroxylation sites is 1. The van der Waals surface area contributed by atoms with Gasteiger partial charge in [-0.3, -0.25) is 9.47 Å². The molecule has 1 aromatic carbocycles. The topological polar surface area (TPSA) is 52.3 Å². The number of hydrogen-bond donors (Lipinski definition) is 0. The summed E-state index contributed by atoms with van der Waals surface area (Å²) in [5.74, 6) is 1.78. The van der Waals surface area contributed by atoms with Crippen LogP contribution < -0.4 is 10.4 Å². The zero-order valence-corrected chi connectivity index (χ0v) is 14.7. The van der Waals surface area contributed by atoms with Crippen molar-refractivity contribution in [2.75, 3.05) is 19.7 Å². The Morgan fingerprint density at radius 2 is 1.96 bits per heavy atom. The minimum Gasteiger partial charge on any atom is -0.494 e. The van der Waals surface area contributed by atoms with E-state index in [9.17, 15) is 4.79 Å². The number of benzene rings is 1. The van der Waals surface area contributed by atoms with Gasteiger partial charge in [-0.05, 0) is 32.8 Å². The van der Waals surface area contributed by atoms with E-state index in [4.69, 9.17) is 4.74 Å². The van der Waals surface area contributed by atoms with Crippen LogP contribution in [-0.4, -0.2) is 38.9 Å². The highest BCUT2D eigenvalue weighted by atomic mass is 16.5. The summed E-state index contributed by atoms with van der Waals surface area (Å²) in [5.41, 5.74) is 1.22. The third-order valence-electron chi connectivity index (χ3n) is 4.71. The van der Waals surface area contributed by atoms with Crippen LogP contribution in [0.3, 0.4) is 0 Å². The number of rotatable bonds is 5. The van der Waals surface area contributed by atoms with Crippen LogP contribution in [0.2, 0.25) is 0 Å². The first kappa shape index (κ1) is 16.8.